The van der Waals surface area contributed by atoms with Crippen LogP contribution in [0.5, 0.6) is 0 Å². The van der Waals surface area contributed by atoms with Gasteiger partial charge in [-0.25, -0.2) is 0 Å². The Hall–Kier alpha value is -2.90. The van der Waals surface area contributed by atoms with Crippen molar-refractivity contribution in [1.29, 1.82) is 0 Å². The van der Waals surface area contributed by atoms with Gasteiger partial charge in [0.25, 0.3) is 5.91 Å². The number of nitrogens with one attached hydrogen (secondary N) is 1. The monoisotopic (exact) mass is 415 g/mol. The largest absolute Gasteiger partial charge is 0.481 e. The Bertz CT molecular complexity index is 799. The summed E-state index contributed by atoms with van der Waals surface area (Å²) >= 11 is 0. The minimum Gasteiger partial charge on any atom is -0.481 e. The molecule has 1 aromatic carbocycles. The highest BCUT2D eigenvalue weighted by molar-refractivity contribution is 5.98. The Balaban J connectivity index is 1.52. The highest BCUT2D eigenvalue weighted by Crippen LogP contribution is 2.22. The number of carbonyl (C=O) groups excluding carboxylic acids is 3. The Morgan fingerprint density at radius 1 is 1.10 bits per heavy atom. The summed E-state index contributed by atoms with van der Waals surface area (Å²) in [7, 11) is 0. The van der Waals surface area contributed by atoms with E-state index in [1.54, 1.807) is 34.1 Å². The number of aliphatic carboxylic acids is 1. The van der Waals surface area contributed by atoms with E-state index in [9.17, 15) is 19.2 Å². The number of likely N-dealkylation sites (tertiary alicyclic amines) is 2. The number of benzene rings is 1. The Morgan fingerprint density at radius 3 is 2.37 bits per heavy atom. The van der Waals surface area contributed by atoms with Crippen molar-refractivity contribution in [3.05, 3.63) is 29.8 Å². The minimum absolute atomic E-state index is 0.0243. The van der Waals surface area contributed by atoms with Crippen molar-refractivity contribution in [3.63, 3.8) is 0 Å². The smallest absolute Gasteiger partial charge is 0.306 e. The van der Waals surface area contributed by atoms with Crippen molar-refractivity contribution in [1.82, 2.24) is 9.80 Å². The number of unbranched alkanes of at least 4 members (excludes halogenated alkanes) is 1. The molecule has 3 rings (SSSR count). The van der Waals surface area contributed by atoms with E-state index in [-0.39, 0.29) is 36.0 Å². The van der Waals surface area contributed by atoms with Gasteiger partial charge in [-0.15, -0.1) is 0 Å². The normalized spacial score (nSPS) is 19.8. The van der Waals surface area contributed by atoms with E-state index in [1.807, 2.05) is 0 Å². The SMILES string of the molecule is CCCCN1CC(C(=O)Nc2ccc(C(=O)N3CCC(C(=O)O)CC3)cc2)CC1=O. The molecule has 2 N–H and O–H groups in total. The average Bonchev–Trinajstić information content (AvgIpc) is 3.13. The second kappa shape index (κ2) is 9.73. The third-order valence-corrected chi connectivity index (χ3v) is 5.90. The first-order chi connectivity index (χ1) is 14.4. The number of anilines is 1. The summed E-state index contributed by atoms with van der Waals surface area (Å²) in [5, 5.41) is 11.9. The lowest BCUT2D eigenvalue weighted by Crippen LogP contribution is -2.40. The van der Waals surface area contributed by atoms with Crippen molar-refractivity contribution >= 4 is 29.4 Å². The lowest BCUT2D eigenvalue weighted by molar-refractivity contribution is -0.143. The van der Waals surface area contributed by atoms with Crippen LogP contribution in [0.25, 0.3) is 0 Å². The van der Waals surface area contributed by atoms with Gasteiger partial charge in [0, 0.05) is 43.9 Å². The highest BCUT2D eigenvalue weighted by Gasteiger charge is 2.34. The van der Waals surface area contributed by atoms with Crippen molar-refractivity contribution in [2.75, 3.05) is 31.5 Å². The fraction of sp³-hybridized carbons (Fsp3) is 0.545. The average molecular weight is 415 g/mol. The number of carboxylic acid groups (broad SMARTS) is 1. The molecule has 0 radical (unpaired) electrons. The van der Waals surface area contributed by atoms with Crippen LogP contribution in [0.15, 0.2) is 24.3 Å². The van der Waals surface area contributed by atoms with Gasteiger partial charge < -0.3 is 20.2 Å². The van der Waals surface area contributed by atoms with Gasteiger partial charge in [0.2, 0.25) is 11.8 Å². The predicted molar refractivity (Wildman–Crippen MR) is 111 cm³/mol. The van der Waals surface area contributed by atoms with Crippen LogP contribution in [-0.4, -0.2) is 64.8 Å². The second-order valence-electron chi connectivity index (χ2n) is 8.07. The molecule has 0 aliphatic carbocycles. The maximum Gasteiger partial charge on any atom is 0.306 e. The zero-order valence-corrected chi connectivity index (χ0v) is 17.3. The molecular formula is C22H29N3O5. The molecule has 8 nitrogen and oxygen atoms in total. The number of rotatable bonds is 7. The van der Waals surface area contributed by atoms with Crippen molar-refractivity contribution < 1.29 is 24.3 Å². The number of piperidine rings is 1. The van der Waals surface area contributed by atoms with Crippen LogP contribution >= 0.6 is 0 Å². The molecule has 2 heterocycles. The van der Waals surface area contributed by atoms with Gasteiger partial charge in [0.05, 0.1) is 11.8 Å². The van der Waals surface area contributed by atoms with Crippen molar-refractivity contribution in [2.45, 2.75) is 39.0 Å². The van der Waals surface area contributed by atoms with Gasteiger partial charge in [-0.2, -0.15) is 0 Å². The van der Waals surface area contributed by atoms with E-state index < -0.39 is 5.97 Å². The summed E-state index contributed by atoms with van der Waals surface area (Å²) in [6.45, 7) is 4.07. The van der Waals surface area contributed by atoms with E-state index >= 15 is 0 Å². The number of amides is 3. The molecule has 2 aliphatic heterocycles. The van der Waals surface area contributed by atoms with Crippen LogP contribution in [-0.2, 0) is 14.4 Å². The Labute approximate surface area is 176 Å². The van der Waals surface area contributed by atoms with Gasteiger partial charge in [-0.3, -0.25) is 19.2 Å². The quantitative estimate of drug-likeness (QED) is 0.710. The summed E-state index contributed by atoms with van der Waals surface area (Å²) in [4.78, 5) is 51.7. The molecule has 1 atom stereocenters. The Morgan fingerprint density at radius 2 is 1.77 bits per heavy atom. The first-order valence-corrected chi connectivity index (χ1v) is 10.6. The summed E-state index contributed by atoms with van der Waals surface area (Å²) in [5.74, 6) is -1.84. The molecule has 2 fully saturated rings. The van der Waals surface area contributed by atoms with Gasteiger partial charge in [-0.1, -0.05) is 13.3 Å². The summed E-state index contributed by atoms with van der Waals surface area (Å²) in [6.07, 6.45) is 3.10. The van der Waals surface area contributed by atoms with Crippen LogP contribution in [0.3, 0.4) is 0 Å². The molecule has 0 spiro atoms. The fourth-order valence-electron chi connectivity index (χ4n) is 3.97. The summed E-state index contributed by atoms with van der Waals surface area (Å²) in [6, 6.07) is 6.69. The van der Waals surface area contributed by atoms with Gasteiger partial charge in [0.1, 0.15) is 0 Å². The number of hydrogen-bond acceptors (Lipinski definition) is 4. The summed E-state index contributed by atoms with van der Waals surface area (Å²) < 4.78 is 0. The van der Waals surface area contributed by atoms with Gasteiger partial charge in [-0.05, 0) is 43.5 Å². The molecule has 0 bridgehead atoms. The molecule has 3 amide bonds. The van der Waals surface area contributed by atoms with Crippen LogP contribution in [0.2, 0.25) is 0 Å². The lowest BCUT2D eigenvalue weighted by atomic mass is 9.96. The number of carbonyl (C=O) groups is 4. The summed E-state index contributed by atoms with van der Waals surface area (Å²) in [5.41, 5.74) is 1.09. The van der Waals surface area contributed by atoms with E-state index in [4.69, 9.17) is 5.11 Å². The molecule has 162 valence electrons. The minimum atomic E-state index is -0.806. The standard InChI is InChI=1S/C22H29N3O5/c1-2-3-10-25-14-17(13-19(25)26)20(27)23-18-6-4-15(5-7-18)21(28)24-11-8-16(9-12-24)22(29)30/h4-7,16-17H,2-3,8-14H2,1H3,(H,23,27)(H,29,30). The van der Waals surface area contributed by atoms with Gasteiger partial charge >= 0.3 is 5.97 Å². The van der Waals surface area contributed by atoms with E-state index in [0.717, 1.165) is 12.8 Å². The third-order valence-electron chi connectivity index (χ3n) is 5.90. The van der Waals surface area contributed by atoms with E-state index in [0.29, 0.717) is 50.3 Å². The molecule has 2 aliphatic rings. The molecule has 8 heteroatoms. The topological polar surface area (TPSA) is 107 Å². The maximum atomic E-state index is 12.6. The third kappa shape index (κ3) is 5.17. The Kier molecular flexibility index (Phi) is 7.07. The predicted octanol–water partition coefficient (Wildman–Crippen LogP) is 2.21. The zero-order chi connectivity index (χ0) is 21.7. The van der Waals surface area contributed by atoms with E-state index in [2.05, 4.69) is 12.2 Å². The number of nitrogens with zero attached hydrogens (tertiary/aromatic N) is 2. The van der Waals surface area contributed by atoms with Crippen molar-refractivity contribution in [2.24, 2.45) is 11.8 Å². The molecule has 1 unspecified atom stereocenters. The van der Waals surface area contributed by atoms with Crippen LogP contribution < -0.4 is 5.32 Å². The first kappa shape index (κ1) is 21.8. The van der Waals surface area contributed by atoms with Gasteiger partial charge in [0.15, 0.2) is 0 Å². The molecule has 30 heavy (non-hydrogen) atoms. The van der Waals surface area contributed by atoms with Crippen LogP contribution in [0.1, 0.15) is 49.4 Å². The fourth-order valence-corrected chi connectivity index (χ4v) is 3.97. The second-order valence-corrected chi connectivity index (χ2v) is 8.07. The zero-order valence-electron chi connectivity index (χ0n) is 17.3. The highest BCUT2D eigenvalue weighted by atomic mass is 16.4. The van der Waals surface area contributed by atoms with E-state index in [1.165, 1.54) is 0 Å². The molecule has 2 saturated heterocycles. The number of hydrogen-bond donors (Lipinski definition) is 2. The lowest BCUT2D eigenvalue weighted by Gasteiger charge is -2.30. The van der Waals surface area contributed by atoms with Crippen LogP contribution in [0, 0.1) is 11.8 Å². The molecular weight excluding hydrogens is 386 g/mol. The maximum absolute atomic E-state index is 12.6. The first-order valence-electron chi connectivity index (χ1n) is 10.6. The molecule has 0 saturated carbocycles. The number of carboxylic acids is 1. The molecule has 1 aromatic rings. The molecule has 0 aromatic heterocycles. The van der Waals surface area contributed by atoms with Crippen LogP contribution in [0.4, 0.5) is 5.69 Å². The van der Waals surface area contributed by atoms with Crippen molar-refractivity contribution in [3.8, 4) is 0 Å².